The molecule has 3 aromatic rings. The van der Waals surface area contributed by atoms with Gasteiger partial charge >= 0.3 is 0 Å². The fraction of sp³-hybridized carbons (Fsp3) is 0.286. The lowest BCUT2D eigenvalue weighted by molar-refractivity contribution is 0.0949. The van der Waals surface area contributed by atoms with Gasteiger partial charge in [0.15, 0.2) is 5.82 Å². The second kappa shape index (κ2) is 8.84. The molecule has 1 aliphatic heterocycles. The molecule has 0 saturated heterocycles. The third-order valence-electron chi connectivity index (χ3n) is 5.10. The van der Waals surface area contributed by atoms with Crippen molar-refractivity contribution in [3.8, 4) is 0 Å². The number of rotatable bonds is 6. The van der Waals surface area contributed by atoms with Gasteiger partial charge in [0, 0.05) is 24.2 Å². The molecule has 2 N–H and O–H groups in total. The molecule has 4 rings (SSSR count). The lowest BCUT2D eigenvalue weighted by Crippen LogP contribution is -2.25. The van der Waals surface area contributed by atoms with Gasteiger partial charge in [-0.25, -0.2) is 12.8 Å². The van der Waals surface area contributed by atoms with Crippen LogP contribution in [0.4, 0.5) is 10.1 Å². The molecule has 0 bridgehead atoms. The summed E-state index contributed by atoms with van der Waals surface area (Å²) in [5.74, 6) is 0.740. The highest BCUT2D eigenvalue weighted by atomic mass is 32.2. The van der Waals surface area contributed by atoms with E-state index in [1.54, 1.807) is 0 Å². The Morgan fingerprint density at radius 3 is 2.68 bits per heavy atom. The molecule has 0 radical (unpaired) electrons. The van der Waals surface area contributed by atoms with E-state index in [-0.39, 0.29) is 22.7 Å². The van der Waals surface area contributed by atoms with E-state index in [1.807, 2.05) is 4.57 Å². The molecule has 1 aliphatic rings. The number of aryl methyl sites for hydroxylation is 1. The molecule has 162 valence electrons. The summed E-state index contributed by atoms with van der Waals surface area (Å²) in [6.07, 6.45) is 4.15. The van der Waals surface area contributed by atoms with Gasteiger partial charge in [-0.05, 0) is 55.3 Å². The average molecular weight is 444 g/mol. The first-order valence-electron chi connectivity index (χ1n) is 10.00. The maximum atomic E-state index is 13.0. The van der Waals surface area contributed by atoms with E-state index in [9.17, 15) is 17.6 Å². The molecule has 31 heavy (non-hydrogen) atoms. The highest BCUT2D eigenvalue weighted by Gasteiger charge is 2.18. The Morgan fingerprint density at radius 2 is 1.87 bits per heavy atom. The number of nitrogens with zero attached hydrogens (tertiary/aromatic N) is 3. The topological polar surface area (TPSA) is 106 Å². The first-order valence-corrected chi connectivity index (χ1v) is 11.5. The number of fused-ring (bicyclic) bond motifs is 1. The molecule has 0 saturated carbocycles. The number of hydrogen-bond donors (Lipinski definition) is 2. The van der Waals surface area contributed by atoms with Crippen LogP contribution in [0.5, 0.6) is 0 Å². The third kappa shape index (κ3) is 4.91. The molecule has 1 amide bonds. The molecule has 8 nitrogen and oxygen atoms in total. The fourth-order valence-corrected chi connectivity index (χ4v) is 4.58. The first kappa shape index (κ1) is 21.0. The summed E-state index contributed by atoms with van der Waals surface area (Å²) in [4.78, 5) is 12.6. The molecule has 0 fully saturated rings. The van der Waals surface area contributed by atoms with Crippen molar-refractivity contribution in [1.82, 2.24) is 20.1 Å². The molecular formula is C21H22FN5O3S. The van der Waals surface area contributed by atoms with Crippen LogP contribution < -0.4 is 10.0 Å². The van der Waals surface area contributed by atoms with Gasteiger partial charge in [-0.2, -0.15) is 0 Å². The Labute approximate surface area is 179 Å². The zero-order chi connectivity index (χ0) is 21.8. The van der Waals surface area contributed by atoms with E-state index >= 15 is 0 Å². The van der Waals surface area contributed by atoms with Gasteiger partial charge in [0.25, 0.3) is 15.9 Å². The highest BCUT2D eigenvalue weighted by molar-refractivity contribution is 7.92. The van der Waals surface area contributed by atoms with Crippen LogP contribution in [-0.4, -0.2) is 29.1 Å². The number of benzene rings is 2. The zero-order valence-corrected chi connectivity index (χ0v) is 17.5. The first-order chi connectivity index (χ1) is 14.9. The van der Waals surface area contributed by atoms with Gasteiger partial charge in [0.1, 0.15) is 11.6 Å². The van der Waals surface area contributed by atoms with E-state index in [0.29, 0.717) is 5.82 Å². The number of nitrogens with one attached hydrogen (secondary N) is 2. The molecule has 0 spiro atoms. The van der Waals surface area contributed by atoms with Crippen LogP contribution >= 0.6 is 0 Å². The number of hydrogen-bond acceptors (Lipinski definition) is 5. The van der Waals surface area contributed by atoms with Crippen molar-refractivity contribution in [1.29, 1.82) is 0 Å². The maximum Gasteiger partial charge on any atom is 0.261 e. The van der Waals surface area contributed by atoms with Crippen LogP contribution in [0.2, 0.25) is 0 Å². The largest absolute Gasteiger partial charge is 0.345 e. The van der Waals surface area contributed by atoms with Gasteiger partial charge in [-0.1, -0.05) is 12.5 Å². The molecule has 0 atom stereocenters. The summed E-state index contributed by atoms with van der Waals surface area (Å²) in [5.41, 5.74) is 0.432. The zero-order valence-electron chi connectivity index (χ0n) is 16.7. The normalized spacial score (nSPS) is 13.8. The quantitative estimate of drug-likeness (QED) is 0.609. The van der Waals surface area contributed by atoms with Crippen molar-refractivity contribution in [2.75, 3.05) is 4.72 Å². The molecule has 1 aromatic heterocycles. The number of sulfonamides is 1. The molecule has 0 unspecified atom stereocenters. The summed E-state index contributed by atoms with van der Waals surface area (Å²) in [7, 11) is -3.94. The summed E-state index contributed by atoms with van der Waals surface area (Å²) >= 11 is 0. The van der Waals surface area contributed by atoms with Crippen molar-refractivity contribution in [2.45, 2.75) is 43.7 Å². The lowest BCUT2D eigenvalue weighted by atomic mass is 10.2. The second-order valence-corrected chi connectivity index (χ2v) is 9.00. The summed E-state index contributed by atoms with van der Waals surface area (Å²) < 4.78 is 42.7. The van der Waals surface area contributed by atoms with Gasteiger partial charge in [-0.15, -0.1) is 10.2 Å². The van der Waals surface area contributed by atoms with Gasteiger partial charge in [0.05, 0.1) is 11.4 Å². The minimum absolute atomic E-state index is 0.0687. The smallest absolute Gasteiger partial charge is 0.261 e. The summed E-state index contributed by atoms with van der Waals surface area (Å²) in [6, 6.07) is 10.7. The number of anilines is 1. The van der Waals surface area contributed by atoms with Crippen LogP contribution in [0, 0.1) is 5.82 Å². The molecule has 2 aromatic carbocycles. The SMILES string of the molecule is O=C(NCc1nnc2n1CCCCC2)c1cccc(S(=O)(=O)Nc2ccc(F)cc2)c1. The predicted octanol–water partition coefficient (Wildman–Crippen LogP) is 2.87. The predicted molar refractivity (Wildman–Crippen MR) is 112 cm³/mol. The number of aromatic nitrogens is 3. The molecule has 2 heterocycles. The summed E-state index contributed by atoms with van der Waals surface area (Å²) in [5, 5.41) is 11.2. The number of halogens is 1. The van der Waals surface area contributed by atoms with E-state index < -0.39 is 21.7 Å². The van der Waals surface area contributed by atoms with E-state index in [2.05, 4.69) is 20.2 Å². The van der Waals surface area contributed by atoms with E-state index in [4.69, 9.17) is 0 Å². The van der Waals surface area contributed by atoms with Crippen molar-refractivity contribution >= 4 is 21.6 Å². The van der Waals surface area contributed by atoms with Crippen LogP contribution in [0.25, 0.3) is 0 Å². The van der Waals surface area contributed by atoms with Crippen molar-refractivity contribution < 1.29 is 17.6 Å². The molecule has 0 aliphatic carbocycles. The molecular weight excluding hydrogens is 421 g/mol. The summed E-state index contributed by atoms with van der Waals surface area (Å²) in [6.45, 7) is 1.03. The highest BCUT2D eigenvalue weighted by Crippen LogP contribution is 2.18. The monoisotopic (exact) mass is 443 g/mol. The fourth-order valence-electron chi connectivity index (χ4n) is 3.47. The Hall–Kier alpha value is -3.27. The standard InChI is InChI=1S/C21H22FN5O3S/c22-16-8-10-17(11-9-16)26-31(29,30)18-6-4-5-15(13-18)21(28)23-14-20-25-24-19-7-2-1-3-12-27(19)20/h4-6,8-11,13,26H,1-3,7,12,14H2,(H,23,28). The Bertz CT molecular complexity index is 1190. The van der Waals surface area contributed by atoms with Crippen molar-refractivity contribution in [3.63, 3.8) is 0 Å². The number of carbonyl (C=O) groups excluding carboxylic acids is 1. The molecule has 10 heteroatoms. The van der Waals surface area contributed by atoms with E-state index in [1.165, 1.54) is 36.4 Å². The van der Waals surface area contributed by atoms with E-state index in [0.717, 1.165) is 50.2 Å². The van der Waals surface area contributed by atoms with Crippen LogP contribution in [0.3, 0.4) is 0 Å². The van der Waals surface area contributed by atoms with Crippen LogP contribution in [0.1, 0.15) is 41.3 Å². The van der Waals surface area contributed by atoms with Crippen molar-refractivity contribution in [2.24, 2.45) is 0 Å². The minimum Gasteiger partial charge on any atom is -0.345 e. The average Bonchev–Trinajstić information content (AvgIpc) is 2.99. The van der Waals surface area contributed by atoms with Gasteiger partial charge < -0.3 is 9.88 Å². The Kier molecular flexibility index (Phi) is 5.99. The Balaban J connectivity index is 1.46. The van der Waals surface area contributed by atoms with Crippen LogP contribution in [-0.2, 0) is 29.5 Å². The lowest BCUT2D eigenvalue weighted by Gasteiger charge is -2.10. The minimum atomic E-state index is -3.94. The van der Waals surface area contributed by atoms with Crippen molar-refractivity contribution in [3.05, 3.63) is 71.6 Å². The maximum absolute atomic E-state index is 13.0. The number of carbonyl (C=O) groups is 1. The second-order valence-electron chi connectivity index (χ2n) is 7.32. The Morgan fingerprint density at radius 1 is 1.06 bits per heavy atom. The van der Waals surface area contributed by atoms with Gasteiger partial charge in [0.2, 0.25) is 0 Å². The van der Waals surface area contributed by atoms with Crippen LogP contribution in [0.15, 0.2) is 53.4 Å². The third-order valence-corrected chi connectivity index (χ3v) is 6.48. The number of amides is 1. The van der Waals surface area contributed by atoms with Gasteiger partial charge in [-0.3, -0.25) is 9.52 Å².